The summed E-state index contributed by atoms with van der Waals surface area (Å²) in [7, 11) is 0. The summed E-state index contributed by atoms with van der Waals surface area (Å²) in [4.78, 5) is 14.7. The van der Waals surface area contributed by atoms with Crippen molar-refractivity contribution in [2.75, 3.05) is 19.7 Å². The topological polar surface area (TPSA) is 56.6 Å². The van der Waals surface area contributed by atoms with Crippen LogP contribution in [0.5, 0.6) is 5.75 Å². The first kappa shape index (κ1) is 18.9. The molecule has 2 aliphatic rings. The lowest BCUT2D eigenvalue weighted by Gasteiger charge is -2.39. The molecule has 2 saturated heterocycles. The summed E-state index contributed by atoms with van der Waals surface area (Å²) in [6.45, 7) is 5.89. The van der Waals surface area contributed by atoms with E-state index >= 15 is 0 Å². The van der Waals surface area contributed by atoms with Crippen LogP contribution in [0.1, 0.15) is 30.7 Å². The highest BCUT2D eigenvalue weighted by Gasteiger charge is 2.45. The van der Waals surface area contributed by atoms with E-state index in [1.54, 1.807) is 16.8 Å². The van der Waals surface area contributed by atoms with E-state index in [-0.39, 0.29) is 30.0 Å². The molecule has 0 bridgehead atoms. The second-order valence-corrected chi connectivity index (χ2v) is 7.90. The van der Waals surface area contributed by atoms with Crippen LogP contribution in [0.3, 0.4) is 0 Å². The van der Waals surface area contributed by atoms with Gasteiger partial charge in [-0.05, 0) is 44.9 Å². The monoisotopic (exact) mass is 387 g/mol. The highest BCUT2D eigenvalue weighted by atomic mass is 19.1. The molecule has 2 aromatic rings. The van der Waals surface area contributed by atoms with Crippen molar-refractivity contribution in [3.8, 4) is 5.75 Å². The van der Waals surface area contributed by atoms with Crippen LogP contribution < -0.4 is 4.74 Å². The van der Waals surface area contributed by atoms with Crippen LogP contribution >= 0.6 is 0 Å². The summed E-state index contributed by atoms with van der Waals surface area (Å²) >= 11 is 0. The molecule has 3 heterocycles. The van der Waals surface area contributed by atoms with Gasteiger partial charge in [-0.3, -0.25) is 9.48 Å². The number of rotatable bonds is 4. The van der Waals surface area contributed by atoms with Crippen molar-refractivity contribution in [3.05, 3.63) is 47.5 Å². The number of hydrogen-bond donors (Lipinski definition) is 0. The summed E-state index contributed by atoms with van der Waals surface area (Å²) in [5.74, 6) is 0.256. The molecule has 1 amide bonds. The Kier molecular flexibility index (Phi) is 5.10. The number of piperidine rings is 1. The van der Waals surface area contributed by atoms with Crippen LogP contribution in [-0.2, 0) is 16.1 Å². The van der Waals surface area contributed by atoms with E-state index < -0.39 is 0 Å². The van der Waals surface area contributed by atoms with Gasteiger partial charge in [-0.1, -0.05) is 6.07 Å². The SMILES string of the molecule is Cc1cc(C)n(CC(=O)N2CCC[C@@]3(C[C@@H](Oc4cccc(F)c4)CO3)C2)n1. The molecule has 4 rings (SSSR count). The fourth-order valence-corrected chi connectivity index (χ4v) is 4.27. The van der Waals surface area contributed by atoms with Crippen molar-refractivity contribution in [3.63, 3.8) is 0 Å². The Bertz CT molecular complexity index is 868. The van der Waals surface area contributed by atoms with E-state index in [1.807, 2.05) is 24.8 Å². The highest BCUT2D eigenvalue weighted by molar-refractivity contribution is 5.76. The number of amides is 1. The molecule has 1 aromatic heterocycles. The van der Waals surface area contributed by atoms with E-state index in [9.17, 15) is 9.18 Å². The second kappa shape index (κ2) is 7.54. The van der Waals surface area contributed by atoms with Gasteiger partial charge in [0.05, 0.1) is 17.9 Å². The van der Waals surface area contributed by atoms with Crippen molar-refractivity contribution in [1.29, 1.82) is 0 Å². The Hall–Kier alpha value is -2.41. The van der Waals surface area contributed by atoms with E-state index in [0.29, 0.717) is 25.3 Å². The largest absolute Gasteiger partial charge is 0.488 e. The van der Waals surface area contributed by atoms with Gasteiger partial charge < -0.3 is 14.4 Å². The highest BCUT2D eigenvalue weighted by Crippen LogP contribution is 2.36. The molecule has 2 fully saturated rings. The van der Waals surface area contributed by atoms with Crippen LogP contribution in [-0.4, -0.2) is 52.0 Å². The zero-order valence-electron chi connectivity index (χ0n) is 16.4. The maximum Gasteiger partial charge on any atom is 0.244 e. The van der Waals surface area contributed by atoms with Gasteiger partial charge in [-0.15, -0.1) is 0 Å². The van der Waals surface area contributed by atoms with Crippen LogP contribution in [0.4, 0.5) is 4.39 Å². The van der Waals surface area contributed by atoms with Gasteiger partial charge in [0.2, 0.25) is 5.91 Å². The van der Waals surface area contributed by atoms with Crippen LogP contribution in [0.15, 0.2) is 30.3 Å². The lowest BCUT2D eigenvalue weighted by Crippen LogP contribution is -2.51. The maximum absolute atomic E-state index is 13.4. The zero-order valence-corrected chi connectivity index (χ0v) is 16.4. The van der Waals surface area contributed by atoms with E-state index in [1.165, 1.54) is 12.1 Å². The molecule has 1 spiro atoms. The Morgan fingerprint density at radius 2 is 2.25 bits per heavy atom. The number of halogens is 1. The Labute approximate surface area is 164 Å². The minimum Gasteiger partial charge on any atom is -0.488 e. The lowest BCUT2D eigenvalue weighted by atomic mass is 9.89. The third kappa shape index (κ3) is 4.04. The molecule has 1 aromatic carbocycles. The lowest BCUT2D eigenvalue weighted by molar-refractivity contribution is -0.140. The molecule has 0 unspecified atom stereocenters. The van der Waals surface area contributed by atoms with Crippen molar-refractivity contribution < 1.29 is 18.7 Å². The van der Waals surface area contributed by atoms with Crippen LogP contribution in [0.25, 0.3) is 0 Å². The molecular weight excluding hydrogens is 361 g/mol. The molecule has 0 N–H and O–H groups in total. The smallest absolute Gasteiger partial charge is 0.244 e. The fourth-order valence-electron chi connectivity index (χ4n) is 4.27. The predicted octanol–water partition coefficient (Wildman–Crippen LogP) is 2.87. The van der Waals surface area contributed by atoms with E-state index in [0.717, 1.165) is 30.8 Å². The fraction of sp³-hybridized carbons (Fsp3) is 0.524. The van der Waals surface area contributed by atoms with Crippen molar-refractivity contribution in [1.82, 2.24) is 14.7 Å². The Morgan fingerprint density at radius 3 is 3.00 bits per heavy atom. The summed E-state index contributed by atoms with van der Waals surface area (Å²) in [5, 5.41) is 4.39. The van der Waals surface area contributed by atoms with E-state index in [2.05, 4.69) is 5.10 Å². The number of carbonyl (C=O) groups is 1. The third-order valence-corrected chi connectivity index (χ3v) is 5.55. The van der Waals surface area contributed by atoms with Crippen LogP contribution in [0.2, 0.25) is 0 Å². The third-order valence-electron chi connectivity index (χ3n) is 5.55. The zero-order chi connectivity index (χ0) is 19.7. The number of nitrogens with zero attached hydrogens (tertiary/aromatic N) is 3. The molecule has 7 heteroatoms. The first-order valence-electron chi connectivity index (χ1n) is 9.77. The number of ether oxygens (including phenoxy) is 2. The van der Waals surface area contributed by atoms with Gasteiger partial charge in [0.1, 0.15) is 24.2 Å². The molecule has 6 nitrogen and oxygen atoms in total. The normalized spacial score (nSPS) is 24.7. The molecule has 0 aliphatic carbocycles. The van der Waals surface area contributed by atoms with Gasteiger partial charge >= 0.3 is 0 Å². The van der Waals surface area contributed by atoms with Crippen molar-refractivity contribution >= 4 is 5.91 Å². The average Bonchev–Trinajstić information content (AvgIpc) is 3.17. The summed E-state index contributed by atoms with van der Waals surface area (Å²) in [5.41, 5.74) is 1.52. The minimum atomic E-state index is -0.374. The standard InChI is InChI=1S/C21H26FN3O3/c1-15-9-16(2)25(23-15)12-20(26)24-8-4-7-21(14-24)11-19(13-27-21)28-18-6-3-5-17(22)10-18/h3,5-6,9-10,19H,4,7-8,11-14H2,1-2H3/t19-,21-/m1/s1. The van der Waals surface area contributed by atoms with Crippen LogP contribution in [0, 0.1) is 19.7 Å². The molecule has 2 aliphatic heterocycles. The van der Waals surface area contributed by atoms with Gasteiger partial charge in [-0.2, -0.15) is 5.10 Å². The van der Waals surface area contributed by atoms with E-state index in [4.69, 9.17) is 9.47 Å². The average molecular weight is 387 g/mol. The summed E-state index contributed by atoms with van der Waals surface area (Å²) in [6.07, 6.45) is 2.37. The number of aryl methyl sites for hydroxylation is 2. The maximum atomic E-state index is 13.4. The predicted molar refractivity (Wildman–Crippen MR) is 102 cm³/mol. The number of aromatic nitrogens is 2. The molecule has 0 radical (unpaired) electrons. The first-order chi connectivity index (χ1) is 13.4. The van der Waals surface area contributed by atoms with Gasteiger partial charge in [-0.25, -0.2) is 4.39 Å². The molecule has 28 heavy (non-hydrogen) atoms. The number of carbonyl (C=O) groups excluding carboxylic acids is 1. The second-order valence-electron chi connectivity index (χ2n) is 7.90. The summed E-state index contributed by atoms with van der Waals surface area (Å²) in [6, 6.07) is 8.14. The Morgan fingerprint density at radius 1 is 1.39 bits per heavy atom. The number of hydrogen-bond acceptors (Lipinski definition) is 4. The molecule has 0 saturated carbocycles. The van der Waals surface area contributed by atoms with Gasteiger partial charge in [0.15, 0.2) is 0 Å². The molecular formula is C21H26FN3O3. The molecule has 2 atom stereocenters. The van der Waals surface area contributed by atoms with Crippen molar-refractivity contribution in [2.45, 2.75) is 51.4 Å². The number of likely N-dealkylation sites (tertiary alicyclic amines) is 1. The first-order valence-corrected chi connectivity index (χ1v) is 9.77. The number of benzene rings is 1. The molecule has 150 valence electrons. The minimum absolute atomic E-state index is 0.0587. The quantitative estimate of drug-likeness (QED) is 0.810. The van der Waals surface area contributed by atoms with Gasteiger partial charge in [0.25, 0.3) is 0 Å². The van der Waals surface area contributed by atoms with Crippen molar-refractivity contribution in [2.24, 2.45) is 0 Å². The van der Waals surface area contributed by atoms with Gasteiger partial charge in [0, 0.05) is 31.3 Å². The summed E-state index contributed by atoms with van der Waals surface area (Å²) < 4.78 is 27.2. The Balaban J connectivity index is 1.38.